The summed E-state index contributed by atoms with van der Waals surface area (Å²) < 4.78 is 0.845. The van der Waals surface area contributed by atoms with E-state index in [9.17, 15) is 4.79 Å². The Kier molecular flexibility index (Phi) is 7.37. The molecule has 8 heteroatoms. The van der Waals surface area contributed by atoms with Crippen LogP contribution < -0.4 is 5.32 Å². The van der Waals surface area contributed by atoms with Crippen LogP contribution in [0, 0.1) is 0 Å². The summed E-state index contributed by atoms with van der Waals surface area (Å²) in [6.07, 6.45) is 0. The minimum Gasteiger partial charge on any atom is -0.300 e. The second-order valence-electron chi connectivity index (χ2n) is 5.31. The van der Waals surface area contributed by atoms with E-state index < -0.39 is 0 Å². The fraction of sp³-hybridized carbons (Fsp3) is 0.167. The summed E-state index contributed by atoms with van der Waals surface area (Å²) in [4.78, 5) is 12.0. The van der Waals surface area contributed by atoms with E-state index in [-0.39, 0.29) is 5.91 Å². The molecule has 4 nitrogen and oxygen atoms in total. The van der Waals surface area contributed by atoms with Gasteiger partial charge in [-0.15, -0.1) is 22.0 Å². The zero-order valence-corrected chi connectivity index (χ0v) is 16.9. The van der Waals surface area contributed by atoms with Gasteiger partial charge in [0, 0.05) is 16.5 Å². The Balaban J connectivity index is 1.40. The van der Waals surface area contributed by atoms with E-state index >= 15 is 0 Å². The largest absolute Gasteiger partial charge is 0.300 e. The summed E-state index contributed by atoms with van der Waals surface area (Å²) in [7, 11) is 0. The number of amides is 1. The minimum atomic E-state index is -0.0697. The van der Waals surface area contributed by atoms with E-state index in [1.807, 2.05) is 42.5 Å². The van der Waals surface area contributed by atoms with Crippen molar-refractivity contribution in [1.29, 1.82) is 0 Å². The topological polar surface area (TPSA) is 54.9 Å². The number of rotatable bonds is 8. The van der Waals surface area contributed by atoms with E-state index in [0.717, 1.165) is 21.4 Å². The molecule has 0 aliphatic carbocycles. The molecule has 3 aromatic rings. The van der Waals surface area contributed by atoms with Gasteiger partial charge in [-0.2, -0.15) is 0 Å². The first-order valence-electron chi connectivity index (χ1n) is 7.81. The van der Waals surface area contributed by atoms with Crippen molar-refractivity contribution < 1.29 is 4.79 Å². The molecule has 0 fully saturated rings. The van der Waals surface area contributed by atoms with E-state index in [2.05, 4.69) is 27.6 Å². The van der Waals surface area contributed by atoms with Crippen molar-refractivity contribution in [2.45, 2.75) is 15.8 Å². The van der Waals surface area contributed by atoms with Crippen LogP contribution in [-0.2, 0) is 16.3 Å². The third kappa shape index (κ3) is 6.32. The van der Waals surface area contributed by atoms with Crippen LogP contribution in [0.1, 0.15) is 11.1 Å². The van der Waals surface area contributed by atoms with Gasteiger partial charge in [-0.05, 0) is 23.3 Å². The zero-order chi connectivity index (χ0) is 18.2. The second-order valence-corrected chi connectivity index (χ2v) is 8.94. The predicted octanol–water partition coefficient (Wildman–Crippen LogP) is 5.36. The lowest BCUT2D eigenvalue weighted by atomic mass is 10.2. The molecule has 1 N–H and O–H groups in total. The Hall–Kier alpha value is -1.54. The Bertz CT molecular complexity index is 840. The molecule has 3 rings (SSSR count). The third-order valence-electron chi connectivity index (χ3n) is 3.27. The van der Waals surface area contributed by atoms with Gasteiger partial charge in [0.25, 0.3) is 0 Å². The van der Waals surface area contributed by atoms with Crippen molar-refractivity contribution in [2.75, 3.05) is 11.1 Å². The molecule has 0 saturated heterocycles. The number of carbonyl (C=O) groups excluding carboxylic acids is 1. The number of nitrogens with one attached hydrogen (secondary N) is 1. The predicted molar refractivity (Wildman–Crippen MR) is 112 cm³/mol. The second kappa shape index (κ2) is 9.97. The molecule has 0 saturated carbocycles. The maximum absolute atomic E-state index is 12.0. The zero-order valence-electron chi connectivity index (χ0n) is 13.7. The summed E-state index contributed by atoms with van der Waals surface area (Å²) in [6.45, 7) is 0. The smallest absolute Gasteiger partial charge is 0.236 e. The number of aromatic nitrogens is 2. The SMILES string of the molecule is O=C(CSCc1ccc(Cl)cc1)Nc1nnc(SCc2ccccc2)s1. The number of hydrogen-bond donors (Lipinski definition) is 1. The number of hydrogen-bond acceptors (Lipinski definition) is 6. The maximum atomic E-state index is 12.0. The summed E-state index contributed by atoms with van der Waals surface area (Å²) in [6, 6.07) is 17.8. The van der Waals surface area contributed by atoms with Gasteiger partial charge in [-0.25, -0.2) is 0 Å². The van der Waals surface area contributed by atoms with Crippen molar-refractivity contribution in [2.24, 2.45) is 0 Å². The van der Waals surface area contributed by atoms with Crippen LogP contribution in [0.2, 0.25) is 5.02 Å². The Morgan fingerprint density at radius 2 is 1.73 bits per heavy atom. The number of halogens is 1. The highest BCUT2D eigenvalue weighted by atomic mass is 35.5. The molecule has 26 heavy (non-hydrogen) atoms. The van der Waals surface area contributed by atoms with E-state index in [0.29, 0.717) is 15.9 Å². The summed E-state index contributed by atoms with van der Waals surface area (Å²) in [5.41, 5.74) is 2.37. The van der Waals surface area contributed by atoms with Crippen molar-refractivity contribution in [3.63, 3.8) is 0 Å². The quantitative estimate of drug-likeness (QED) is 0.392. The fourth-order valence-corrected chi connectivity index (χ4v) is 4.67. The van der Waals surface area contributed by atoms with Gasteiger partial charge in [-0.1, -0.05) is 77.2 Å². The number of thioether (sulfide) groups is 2. The number of benzene rings is 2. The molecule has 1 aromatic heterocycles. The third-order valence-corrected chi connectivity index (χ3v) is 6.57. The first kappa shape index (κ1) is 19.2. The van der Waals surface area contributed by atoms with E-state index in [1.165, 1.54) is 16.9 Å². The monoisotopic (exact) mass is 421 g/mol. The Morgan fingerprint density at radius 1 is 1.00 bits per heavy atom. The van der Waals surface area contributed by atoms with Gasteiger partial charge in [-0.3, -0.25) is 10.1 Å². The molecule has 134 valence electrons. The lowest BCUT2D eigenvalue weighted by Gasteiger charge is -2.02. The molecule has 0 bridgehead atoms. The van der Waals surface area contributed by atoms with Crippen LogP contribution in [0.4, 0.5) is 5.13 Å². The minimum absolute atomic E-state index is 0.0697. The standard InChI is InChI=1S/C18H16ClN3OS3/c19-15-8-6-14(7-9-15)10-24-12-16(23)20-17-21-22-18(26-17)25-11-13-4-2-1-3-5-13/h1-9H,10-12H2,(H,20,21,23). The summed E-state index contributed by atoms with van der Waals surface area (Å²) in [5, 5.41) is 12.2. The van der Waals surface area contributed by atoms with Crippen LogP contribution in [0.25, 0.3) is 0 Å². The highest BCUT2D eigenvalue weighted by molar-refractivity contribution is 8.00. The fourth-order valence-electron chi connectivity index (χ4n) is 2.04. The molecule has 0 aliphatic rings. The van der Waals surface area contributed by atoms with Gasteiger partial charge in [0.05, 0.1) is 5.75 Å². The van der Waals surface area contributed by atoms with Crippen molar-refractivity contribution in [3.05, 3.63) is 70.7 Å². The van der Waals surface area contributed by atoms with Crippen molar-refractivity contribution >= 4 is 57.5 Å². The first-order valence-corrected chi connectivity index (χ1v) is 11.1. The molecule has 0 unspecified atom stereocenters. The molecule has 1 heterocycles. The van der Waals surface area contributed by atoms with Gasteiger partial charge in [0.1, 0.15) is 0 Å². The maximum Gasteiger partial charge on any atom is 0.236 e. The molecular formula is C18H16ClN3OS3. The van der Waals surface area contributed by atoms with Gasteiger partial charge >= 0.3 is 0 Å². The molecular weight excluding hydrogens is 406 g/mol. The molecule has 0 spiro atoms. The van der Waals surface area contributed by atoms with Crippen LogP contribution >= 0.6 is 46.5 Å². The highest BCUT2D eigenvalue weighted by Crippen LogP contribution is 2.28. The van der Waals surface area contributed by atoms with E-state index in [1.54, 1.807) is 23.5 Å². The van der Waals surface area contributed by atoms with Gasteiger partial charge < -0.3 is 0 Å². The first-order chi connectivity index (χ1) is 12.7. The number of carbonyl (C=O) groups is 1. The molecule has 0 aliphatic heterocycles. The Labute approximate surface area is 169 Å². The lowest BCUT2D eigenvalue weighted by molar-refractivity contribution is -0.113. The van der Waals surface area contributed by atoms with Crippen LogP contribution in [-0.4, -0.2) is 21.9 Å². The normalized spacial score (nSPS) is 10.7. The van der Waals surface area contributed by atoms with Crippen LogP contribution in [0.5, 0.6) is 0 Å². The molecule has 0 radical (unpaired) electrons. The van der Waals surface area contributed by atoms with Crippen molar-refractivity contribution in [3.8, 4) is 0 Å². The summed E-state index contributed by atoms with van der Waals surface area (Å²) >= 11 is 10.4. The number of nitrogens with zero attached hydrogens (tertiary/aromatic N) is 2. The molecule has 0 atom stereocenters. The van der Waals surface area contributed by atoms with Crippen LogP contribution in [0.15, 0.2) is 58.9 Å². The average Bonchev–Trinajstić information content (AvgIpc) is 3.10. The van der Waals surface area contributed by atoms with Gasteiger partial charge in [0.15, 0.2) is 4.34 Å². The Morgan fingerprint density at radius 3 is 2.50 bits per heavy atom. The van der Waals surface area contributed by atoms with Gasteiger partial charge in [0.2, 0.25) is 11.0 Å². The van der Waals surface area contributed by atoms with E-state index in [4.69, 9.17) is 11.6 Å². The number of anilines is 1. The van der Waals surface area contributed by atoms with Crippen LogP contribution in [0.3, 0.4) is 0 Å². The lowest BCUT2D eigenvalue weighted by Crippen LogP contribution is -2.13. The molecule has 2 aromatic carbocycles. The molecule has 1 amide bonds. The van der Waals surface area contributed by atoms with Crippen molar-refractivity contribution in [1.82, 2.24) is 10.2 Å². The summed E-state index contributed by atoms with van der Waals surface area (Å²) in [5.74, 6) is 1.90. The average molecular weight is 422 g/mol. The highest BCUT2D eigenvalue weighted by Gasteiger charge is 2.09.